The highest BCUT2D eigenvalue weighted by Gasteiger charge is 2.23. The van der Waals surface area contributed by atoms with Crippen LogP contribution < -0.4 is 10.5 Å². The van der Waals surface area contributed by atoms with E-state index in [1.54, 1.807) is 7.11 Å². The van der Waals surface area contributed by atoms with Gasteiger partial charge in [-0.2, -0.15) is 0 Å². The zero-order valence-corrected chi connectivity index (χ0v) is 11.9. The first-order valence-electron chi connectivity index (χ1n) is 6.25. The van der Waals surface area contributed by atoms with Gasteiger partial charge in [0.25, 0.3) is 0 Å². The van der Waals surface area contributed by atoms with E-state index >= 15 is 0 Å². The summed E-state index contributed by atoms with van der Waals surface area (Å²) >= 11 is 0. The lowest BCUT2D eigenvalue weighted by atomic mass is 9.83. The zero-order valence-electron chi connectivity index (χ0n) is 11.9. The lowest BCUT2D eigenvalue weighted by Gasteiger charge is -2.26. The Morgan fingerprint density at radius 2 is 1.88 bits per heavy atom. The molecular formula is C15H25NO. The molecule has 1 atom stereocenters. The van der Waals surface area contributed by atoms with Crippen LogP contribution in [0.15, 0.2) is 12.1 Å². The van der Waals surface area contributed by atoms with Gasteiger partial charge in [-0.15, -0.1) is 0 Å². The Morgan fingerprint density at radius 1 is 1.29 bits per heavy atom. The topological polar surface area (TPSA) is 35.2 Å². The minimum atomic E-state index is 0.0472. The predicted octanol–water partition coefficient (Wildman–Crippen LogP) is 3.71. The van der Waals surface area contributed by atoms with Crippen molar-refractivity contribution < 1.29 is 4.74 Å². The molecule has 2 nitrogen and oxygen atoms in total. The molecule has 1 rings (SSSR count). The second-order valence-corrected chi connectivity index (χ2v) is 5.70. The van der Waals surface area contributed by atoms with E-state index in [1.807, 2.05) is 0 Å². The van der Waals surface area contributed by atoms with Crippen LogP contribution in [-0.4, -0.2) is 7.11 Å². The Kier molecular flexibility index (Phi) is 4.21. The van der Waals surface area contributed by atoms with Crippen molar-refractivity contribution in [1.82, 2.24) is 0 Å². The van der Waals surface area contributed by atoms with Gasteiger partial charge in [0.2, 0.25) is 0 Å². The van der Waals surface area contributed by atoms with Gasteiger partial charge in [0.05, 0.1) is 7.11 Å². The summed E-state index contributed by atoms with van der Waals surface area (Å²) in [5.41, 5.74) is 9.85. The van der Waals surface area contributed by atoms with Crippen LogP contribution in [-0.2, 0) is 5.41 Å². The predicted molar refractivity (Wildman–Crippen MR) is 73.7 cm³/mol. The van der Waals surface area contributed by atoms with Crippen molar-refractivity contribution in [2.75, 3.05) is 7.11 Å². The van der Waals surface area contributed by atoms with Gasteiger partial charge < -0.3 is 10.5 Å². The fraction of sp³-hybridized carbons (Fsp3) is 0.600. The van der Waals surface area contributed by atoms with Crippen molar-refractivity contribution in [1.29, 1.82) is 0 Å². The van der Waals surface area contributed by atoms with Crippen molar-refractivity contribution in [3.8, 4) is 5.75 Å². The Morgan fingerprint density at radius 3 is 2.29 bits per heavy atom. The number of methoxy groups -OCH3 is 1. The number of nitrogens with two attached hydrogens (primary N) is 1. The van der Waals surface area contributed by atoms with Crippen LogP contribution >= 0.6 is 0 Å². The van der Waals surface area contributed by atoms with E-state index in [2.05, 4.69) is 46.8 Å². The van der Waals surface area contributed by atoms with Crippen molar-refractivity contribution >= 4 is 0 Å². The van der Waals surface area contributed by atoms with E-state index in [0.717, 1.165) is 17.7 Å². The van der Waals surface area contributed by atoms with Crippen LogP contribution in [0.2, 0.25) is 0 Å². The van der Waals surface area contributed by atoms with Gasteiger partial charge in [-0.05, 0) is 18.8 Å². The fourth-order valence-corrected chi connectivity index (χ4v) is 2.08. The molecule has 2 heteroatoms. The first-order valence-corrected chi connectivity index (χ1v) is 6.25. The van der Waals surface area contributed by atoms with E-state index in [0.29, 0.717) is 0 Å². The highest BCUT2D eigenvalue weighted by atomic mass is 16.5. The van der Waals surface area contributed by atoms with E-state index < -0.39 is 0 Å². The third kappa shape index (κ3) is 3.01. The minimum absolute atomic E-state index is 0.0472. The number of hydrogen-bond donors (Lipinski definition) is 1. The molecule has 0 heterocycles. The second kappa shape index (κ2) is 5.09. The summed E-state index contributed by atoms with van der Waals surface area (Å²) in [4.78, 5) is 0. The molecule has 0 saturated carbocycles. The second-order valence-electron chi connectivity index (χ2n) is 5.70. The van der Waals surface area contributed by atoms with Crippen LogP contribution in [0.3, 0.4) is 0 Å². The van der Waals surface area contributed by atoms with Crippen LogP contribution in [0.25, 0.3) is 0 Å². The van der Waals surface area contributed by atoms with Crippen molar-refractivity contribution in [2.45, 2.75) is 52.5 Å². The lowest BCUT2D eigenvalue weighted by molar-refractivity contribution is 0.388. The average molecular weight is 235 g/mol. The normalized spacial score (nSPS) is 13.6. The van der Waals surface area contributed by atoms with E-state index in [1.165, 1.54) is 11.1 Å². The lowest BCUT2D eigenvalue weighted by Crippen LogP contribution is -2.17. The quantitative estimate of drug-likeness (QED) is 0.866. The van der Waals surface area contributed by atoms with Crippen molar-refractivity contribution in [3.63, 3.8) is 0 Å². The molecule has 0 bridgehead atoms. The van der Waals surface area contributed by atoms with Crippen LogP contribution in [0.5, 0.6) is 5.75 Å². The summed E-state index contributed by atoms with van der Waals surface area (Å²) in [6, 6.07) is 4.39. The highest BCUT2D eigenvalue weighted by molar-refractivity contribution is 5.49. The third-order valence-corrected chi connectivity index (χ3v) is 3.11. The van der Waals surface area contributed by atoms with Gasteiger partial charge in [0, 0.05) is 17.2 Å². The number of aryl methyl sites for hydroxylation is 1. The number of rotatable bonds is 3. The van der Waals surface area contributed by atoms with Crippen LogP contribution in [0, 0.1) is 6.92 Å². The van der Waals surface area contributed by atoms with Gasteiger partial charge in [-0.3, -0.25) is 0 Å². The molecule has 0 fully saturated rings. The molecule has 0 spiro atoms. The molecule has 0 aliphatic rings. The first-order chi connectivity index (χ1) is 7.81. The minimum Gasteiger partial charge on any atom is -0.496 e. The summed E-state index contributed by atoms with van der Waals surface area (Å²) < 4.78 is 5.60. The van der Waals surface area contributed by atoms with Gasteiger partial charge in [-0.25, -0.2) is 0 Å². The molecule has 0 saturated heterocycles. The molecular weight excluding hydrogens is 210 g/mol. The summed E-state index contributed by atoms with van der Waals surface area (Å²) in [6.45, 7) is 10.8. The molecule has 17 heavy (non-hydrogen) atoms. The summed E-state index contributed by atoms with van der Waals surface area (Å²) in [6.07, 6.45) is 0.920. The molecule has 96 valence electrons. The Labute approximate surface area is 105 Å². The SMILES string of the molecule is CCC(N)c1cc(C)cc(C(C)(C)C)c1OC. The maximum absolute atomic E-state index is 6.17. The Bertz CT molecular complexity index is 391. The maximum Gasteiger partial charge on any atom is 0.127 e. The Hall–Kier alpha value is -1.02. The number of hydrogen-bond acceptors (Lipinski definition) is 2. The highest BCUT2D eigenvalue weighted by Crippen LogP contribution is 2.37. The van der Waals surface area contributed by atoms with Crippen molar-refractivity contribution in [2.24, 2.45) is 5.73 Å². The van der Waals surface area contributed by atoms with Gasteiger partial charge in [-0.1, -0.05) is 45.4 Å². The molecule has 0 amide bonds. The monoisotopic (exact) mass is 235 g/mol. The molecule has 2 N–H and O–H groups in total. The van der Waals surface area contributed by atoms with Gasteiger partial charge >= 0.3 is 0 Å². The smallest absolute Gasteiger partial charge is 0.127 e. The molecule has 1 unspecified atom stereocenters. The van der Waals surface area contributed by atoms with E-state index in [-0.39, 0.29) is 11.5 Å². The molecule has 0 radical (unpaired) electrons. The maximum atomic E-state index is 6.17. The number of ether oxygens (including phenoxy) is 1. The van der Waals surface area contributed by atoms with E-state index in [4.69, 9.17) is 10.5 Å². The molecule has 1 aromatic carbocycles. The summed E-state index contributed by atoms with van der Waals surface area (Å²) in [5, 5.41) is 0. The zero-order chi connectivity index (χ0) is 13.2. The first kappa shape index (κ1) is 14.0. The fourth-order valence-electron chi connectivity index (χ4n) is 2.08. The molecule has 0 aromatic heterocycles. The van der Waals surface area contributed by atoms with Gasteiger partial charge in [0.1, 0.15) is 5.75 Å². The van der Waals surface area contributed by atoms with E-state index in [9.17, 15) is 0 Å². The molecule has 1 aromatic rings. The van der Waals surface area contributed by atoms with Crippen LogP contribution in [0.1, 0.15) is 56.8 Å². The standard InChI is InChI=1S/C15H25NO/c1-7-13(16)11-8-10(2)9-12(14(11)17-6)15(3,4)5/h8-9,13H,7,16H2,1-6H3. The van der Waals surface area contributed by atoms with Gasteiger partial charge in [0.15, 0.2) is 0 Å². The van der Waals surface area contributed by atoms with Crippen molar-refractivity contribution in [3.05, 3.63) is 28.8 Å². The molecule has 0 aliphatic carbocycles. The number of benzene rings is 1. The summed E-state index contributed by atoms with van der Waals surface area (Å²) in [7, 11) is 1.73. The Balaban J connectivity index is 3.46. The van der Waals surface area contributed by atoms with Crippen LogP contribution in [0.4, 0.5) is 0 Å². The molecule has 0 aliphatic heterocycles. The summed E-state index contributed by atoms with van der Waals surface area (Å²) in [5.74, 6) is 0.956. The average Bonchev–Trinajstić information content (AvgIpc) is 2.25. The third-order valence-electron chi connectivity index (χ3n) is 3.11. The largest absolute Gasteiger partial charge is 0.496 e.